The number of nitrogens with one attached hydrogen (secondary N) is 6. The summed E-state index contributed by atoms with van der Waals surface area (Å²) >= 11 is 0. The number of primary amides is 1. The molecule has 21 heteroatoms. The first-order valence-electron chi connectivity index (χ1n) is 17.8. The minimum absolute atomic E-state index is 0.208. The molecule has 0 aliphatic carbocycles. The molecule has 0 fully saturated rings. The third-order valence-corrected chi connectivity index (χ3v) is 8.27. The molecule has 0 spiro atoms. The molecular weight excluding hydrogens is 766 g/mol. The second kappa shape index (κ2) is 23.2. The molecule has 2 aromatic carbocycles. The summed E-state index contributed by atoms with van der Waals surface area (Å²) in [4.78, 5) is 126. The molecular formula is C37H47N7O14. The summed E-state index contributed by atoms with van der Waals surface area (Å²) in [7, 11) is 0. The molecule has 0 radical (unpaired) electrons. The van der Waals surface area contributed by atoms with Crippen molar-refractivity contribution < 1.29 is 68.4 Å². The molecule has 0 heterocycles. The zero-order valence-corrected chi connectivity index (χ0v) is 31.5. The Kier molecular flexibility index (Phi) is 18.9. The number of nitrogens with two attached hydrogens (primary N) is 1. The van der Waals surface area contributed by atoms with Crippen molar-refractivity contribution in [2.24, 2.45) is 5.73 Å². The van der Waals surface area contributed by atoms with Crippen molar-refractivity contribution in [2.75, 3.05) is 0 Å². The minimum atomic E-state index is -1.93. The number of carboxylic acids is 3. The molecule has 0 saturated carbocycles. The summed E-state index contributed by atoms with van der Waals surface area (Å²) in [5.41, 5.74) is 6.36. The highest BCUT2D eigenvalue weighted by atomic mass is 16.4. The van der Waals surface area contributed by atoms with Crippen LogP contribution in [0.4, 0.5) is 0 Å². The SMILES string of the molecule is CC(=O)N[C@H](C(=O)N[C@@H](Cc1ccccc1)C(=O)N[C@@H](CC(N)=O)C(=O)N[C@@H](CCC(=O)O)C(=O)N[C@@H](CC(=O)O)C(=O)N[C@@H](Cc1ccccc1)C(=O)O)[C@@H](C)O. The Hall–Kier alpha value is -6.90. The number of aliphatic hydroxyl groups excluding tert-OH is 1. The van der Waals surface area contributed by atoms with Crippen LogP contribution in [-0.4, -0.2) is 122 Å². The highest BCUT2D eigenvalue weighted by Gasteiger charge is 2.35. The largest absolute Gasteiger partial charge is 0.481 e. The van der Waals surface area contributed by atoms with E-state index in [9.17, 15) is 68.4 Å². The maximum Gasteiger partial charge on any atom is 0.326 e. The van der Waals surface area contributed by atoms with Gasteiger partial charge in [-0.3, -0.25) is 43.2 Å². The Morgan fingerprint density at radius 2 is 0.966 bits per heavy atom. The van der Waals surface area contributed by atoms with Gasteiger partial charge in [-0.15, -0.1) is 0 Å². The molecule has 314 valence electrons. The van der Waals surface area contributed by atoms with Gasteiger partial charge in [0.1, 0.15) is 36.3 Å². The number of carbonyl (C=O) groups excluding carboxylic acids is 7. The Balaban J connectivity index is 2.37. The molecule has 58 heavy (non-hydrogen) atoms. The van der Waals surface area contributed by atoms with Crippen LogP contribution in [0.3, 0.4) is 0 Å². The van der Waals surface area contributed by atoms with Crippen molar-refractivity contribution in [1.82, 2.24) is 31.9 Å². The van der Waals surface area contributed by atoms with Gasteiger partial charge in [0.2, 0.25) is 41.4 Å². The van der Waals surface area contributed by atoms with Gasteiger partial charge in [-0.2, -0.15) is 0 Å². The number of carboxylic acid groups (broad SMARTS) is 3. The van der Waals surface area contributed by atoms with Crippen LogP contribution in [0.1, 0.15) is 50.7 Å². The first-order chi connectivity index (χ1) is 27.3. The topological polar surface area (TPSA) is 350 Å². The van der Waals surface area contributed by atoms with Crippen LogP contribution in [0, 0.1) is 0 Å². The van der Waals surface area contributed by atoms with E-state index in [0.717, 1.165) is 6.92 Å². The van der Waals surface area contributed by atoms with Crippen molar-refractivity contribution in [1.29, 1.82) is 0 Å². The molecule has 0 unspecified atom stereocenters. The molecule has 2 aromatic rings. The van der Waals surface area contributed by atoms with Crippen molar-refractivity contribution >= 4 is 59.3 Å². The highest BCUT2D eigenvalue weighted by Crippen LogP contribution is 2.09. The number of aliphatic hydroxyl groups is 1. The number of carbonyl (C=O) groups is 10. The molecule has 7 amide bonds. The molecule has 2 rings (SSSR count). The van der Waals surface area contributed by atoms with Crippen LogP contribution in [0.25, 0.3) is 0 Å². The summed E-state index contributed by atoms with van der Waals surface area (Å²) in [6.45, 7) is 2.31. The number of benzene rings is 2. The second-order valence-electron chi connectivity index (χ2n) is 13.1. The average Bonchev–Trinajstić information content (AvgIpc) is 3.14. The van der Waals surface area contributed by atoms with Crippen molar-refractivity contribution in [2.45, 2.75) is 94.7 Å². The van der Waals surface area contributed by atoms with E-state index < -0.39 is 127 Å². The van der Waals surface area contributed by atoms with Crippen LogP contribution >= 0.6 is 0 Å². The van der Waals surface area contributed by atoms with Crippen molar-refractivity contribution in [3.8, 4) is 0 Å². The van der Waals surface area contributed by atoms with Gasteiger partial charge >= 0.3 is 17.9 Å². The van der Waals surface area contributed by atoms with E-state index in [-0.39, 0.29) is 12.8 Å². The van der Waals surface area contributed by atoms with Gasteiger partial charge in [0, 0.05) is 26.2 Å². The summed E-state index contributed by atoms with van der Waals surface area (Å²) in [5.74, 6) is -12.2. The molecule has 0 aromatic heterocycles. The fraction of sp³-hybridized carbons (Fsp3) is 0.405. The van der Waals surface area contributed by atoms with E-state index in [1.807, 2.05) is 0 Å². The number of rotatable bonds is 24. The minimum Gasteiger partial charge on any atom is -0.481 e. The van der Waals surface area contributed by atoms with Crippen molar-refractivity contribution in [3.05, 3.63) is 71.8 Å². The van der Waals surface area contributed by atoms with E-state index in [2.05, 4.69) is 31.9 Å². The molecule has 7 atom stereocenters. The molecule has 0 aliphatic rings. The normalized spacial score (nSPS) is 14.3. The smallest absolute Gasteiger partial charge is 0.326 e. The Morgan fingerprint density at radius 3 is 1.40 bits per heavy atom. The van der Waals surface area contributed by atoms with Gasteiger partial charge < -0.3 is 58.1 Å². The maximum atomic E-state index is 13.7. The Morgan fingerprint density at radius 1 is 0.552 bits per heavy atom. The van der Waals surface area contributed by atoms with Crippen molar-refractivity contribution in [3.63, 3.8) is 0 Å². The van der Waals surface area contributed by atoms with Crippen LogP contribution < -0.4 is 37.6 Å². The molecule has 12 N–H and O–H groups in total. The Labute approximate surface area is 331 Å². The maximum absolute atomic E-state index is 13.7. The van der Waals surface area contributed by atoms with Gasteiger partial charge in [0.05, 0.1) is 18.9 Å². The van der Waals surface area contributed by atoms with Gasteiger partial charge in [0.25, 0.3) is 0 Å². The molecule has 21 nitrogen and oxygen atoms in total. The van der Waals surface area contributed by atoms with Crippen LogP contribution in [-0.2, 0) is 60.8 Å². The standard InChI is InChI=1S/C37H47N7O14/c1-19(45)31(39-20(2)46)36(56)43-24(15-21-9-5-3-6-10-21)33(53)41-25(17-28(38)47)34(54)40-23(13-14-29(48)49)32(52)42-26(18-30(50)51)35(55)44-27(37(57)58)16-22-11-7-4-8-12-22/h3-12,19,23-27,31,45H,13-18H2,1-2H3,(H2,38,47)(H,39,46)(H,40,54)(H,41,53)(H,42,52)(H,43,56)(H,44,55)(H,48,49)(H,50,51)(H,57,58)/t19-,23+,24+,25+,26+,27+,31+/m1/s1. The lowest BCUT2D eigenvalue weighted by atomic mass is 10.0. The predicted octanol–water partition coefficient (Wildman–Crippen LogP) is -2.92. The summed E-state index contributed by atoms with van der Waals surface area (Å²) < 4.78 is 0. The lowest BCUT2D eigenvalue weighted by Crippen LogP contribution is -2.61. The van der Waals surface area contributed by atoms with E-state index in [1.165, 1.54) is 6.92 Å². The first kappa shape index (κ1) is 47.3. The van der Waals surface area contributed by atoms with E-state index in [4.69, 9.17) is 5.73 Å². The fourth-order valence-electron chi connectivity index (χ4n) is 5.41. The summed E-state index contributed by atoms with van der Waals surface area (Å²) in [5, 5.41) is 52.0. The third-order valence-electron chi connectivity index (χ3n) is 8.27. The van der Waals surface area contributed by atoms with E-state index in [1.54, 1.807) is 60.7 Å². The lowest BCUT2D eigenvalue weighted by Gasteiger charge is -2.27. The zero-order valence-electron chi connectivity index (χ0n) is 31.5. The first-order valence-corrected chi connectivity index (χ1v) is 17.8. The Bertz CT molecular complexity index is 1810. The highest BCUT2D eigenvalue weighted by molar-refractivity contribution is 5.99. The second-order valence-corrected chi connectivity index (χ2v) is 13.1. The number of aliphatic carboxylic acids is 3. The summed E-state index contributed by atoms with van der Waals surface area (Å²) in [6.07, 6.45) is -5.22. The zero-order chi connectivity index (χ0) is 43.5. The number of hydrogen-bond acceptors (Lipinski definition) is 11. The molecule has 0 aliphatic heterocycles. The van der Waals surface area contributed by atoms with E-state index >= 15 is 0 Å². The summed E-state index contributed by atoms with van der Waals surface area (Å²) in [6, 6.07) is 6.03. The predicted molar refractivity (Wildman–Crippen MR) is 200 cm³/mol. The monoisotopic (exact) mass is 813 g/mol. The molecule has 0 saturated heterocycles. The quantitative estimate of drug-likeness (QED) is 0.0506. The average molecular weight is 814 g/mol. The van der Waals surface area contributed by atoms with Gasteiger partial charge in [0.15, 0.2) is 0 Å². The van der Waals surface area contributed by atoms with Crippen LogP contribution in [0.5, 0.6) is 0 Å². The van der Waals surface area contributed by atoms with E-state index in [0.29, 0.717) is 11.1 Å². The number of amides is 7. The van der Waals surface area contributed by atoms with Gasteiger partial charge in [-0.05, 0) is 24.5 Å². The lowest BCUT2D eigenvalue weighted by molar-refractivity contribution is -0.143. The third kappa shape index (κ3) is 16.9. The van der Waals surface area contributed by atoms with Gasteiger partial charge in [-0.1, -0.05) is 60.7 Å². The van der Waals surface area contributed by atoms with Gasteiger partial charge in [-0.25, -0.2) is 4.79 Å². The fourth-order valence-corrected chi connectivity index (χ4v) is 5.41. The number of hydrogen-bond donors (Lipinski definition) is 11. The van der Waals surface area contributed by atoms with Crippen LogP contribution in [0.2, 0.25) is 0 Å². The molecule has 0 bridgehead atoms. The van der Waals surface area contributed by atoms with Crippen LogP contribution in [0.15, 0.2) is 60.7 Å².